The number of nitrogens with zero attached hydrogens (tertiary/aromatic N) is 3. The average molecular weight is 436 g/mol. The second kappa shape index (κ2) is 8.36. The lowest BCUT2D eigenvalue weighted by Crippen LogP contribution is -2.45. The number of carbonyl (C=O) groups is 2. The molecule has 1 fully saturated rings. The number of amides is 2. The maximum Gasteiger partial charge on any atom is 0.418 e. The predicted molar refractivity (Wildman–Crippen MR) is 111 cm³/mol. The molecule has 2 amide bonds. The molecule has 6 nitrogen and oxygen atoms in total. The number of rotatable bonds is 3. The second-order valence-corrected chi connectivity index (χ2v) is 8.90. The number of likely N-dealkylation sites (tertiary alicyclic amines) is 1. The molecule has 1 aliphatic heterocycles. The van der Waals surface area contributed by atoms with Gasteiger partial charge >= 0.3 is 6.18 Å². The molecular weight excluding hydrogens is 409 g/mol. The molecular formula is C22H27F3N4O2. The van der Waals surface area contributed by atoms with Crippen molar-refractivity contribution in [2.75, 3.05) is 18.4 Å². The molecule has 0 bridgehead atoms. The van der Waals surface area contributed by atoms with Gasteiger partial charge in [-0.25, -0.2) is 4.68 Å². The fraction of sp³-hybridized carbons (Fsp3) is 0.500. The molecule has 31 heavy (non-hydrogen) atoms. The van der Waals surface area contributed by atoms with Gasteiger partial charge in [0, 0.05) is 30.5 Å². The summed E-state index contributed by atoms with van der Waals surface area (Å²) in [6.07, 6.45) is -3.55. The smallest absolute Gasteiger partial charge is 0.342 e. The Morgan fingerprint density at radius 3 is 2.29 bits per heavy atom. The Balaban J connectivity index is 1.76. The van der Waals surface area contributed by atoms with Gasteiger partial charge < -0.3 is 10.2 Å². The number of nitrogens with one attached hydrogen (secondary N) is 1. The highest BCUT2D eigenvalue weighted by Crippen LogP contribution is 2.35. The van der Waals surface area contributed by atoms with E-state index in [-0.39, 0.29) is 29.2 Å². The van der Waals surface area contributed by atoms with Crippen molar-refractivity contribution in [3.8, 4) is 5.69 Å². The van der Waals surface area contributed by atoms with E-state index in [9.17, 15) is 22.8 Å². The first-order valence-corrected chi connectivity index (χ1v) is 10.2. The number of hydrogen-bond donors (Lipinski definition) is 1. The van der Waals surface area contributed by atoms with Crippen molar-refractivity contribution in [2.24, 2.45) is 11.3 Å². The molecule has 9 heteroatoms. The number of piperidine rings is 1. The van der Waals surface area contributed by atoms with Crippen LogP contribution in [0.1, 0.15) is 44.9 Å². The quantitative estimate of drug-likeness (QED) is 0.775. The molecule has 0 saturated carbocycles. The van der Waals surface area contributed by atoms with Gasteiger partial charge in [0.15, 0.2) is 0 Å². The number of alkyl halides is 3. The lowest BCUT2D eigenvalue weighted by Gasteiger charge is -2.35. The number of hydrogen-bond acceptors (Lipinski definition) is 3. The Morgan fingerprint density at radius 1 is 1.10 bits per heavy atom. The van der Waals surface area contributed by atoms with Gasteiger partial charge in [0.25, 0.3) is 0 Å². The van der Waals surface area contributed by atoms with Crippen LogP contribution in [0.2, 0.25) is 0 Å². The van der Waals surface area contributed by atoms with Crippen LogP contribution in [-0.2, 0) is 15.8 Å². The molecule has 1 saturated heterocycles. The van der Waals surface area contributed by atoms with Crippen LogP contribution in [0.5, 0.6) is 0 Å². The van der Waals surface area contributed by atoms with Crippen LogP contribution in [0.15, 0.2) is 30.3 Å². The summed E-state index contributed by atoms with van der Waals surface area (Å²) >= 11 is 0. The molecule has 0 radical (unpaired) electrons. The van der Waals surface area contributed by atoms with Crippen molar-refractivity contribution >= 4 is 17.6 Å². The first-order valence-electron chi connectivity index (χ1n) is 10.2. The Bertz CT molecular complexity index is 968. The van der Waals surface area contributed by atoms with Crippen molar-refractivity contribution in [2.45, 2.75) is 46.7 Å². The van der Waals surface area contributed by atoms with E-state index < -0.39 is 17.2 Å². The normalized spacial score (nSPS) is 15.8. The summed E-state index contributed by atoms with van der Waals surface area (Å²) in [6.45, 7) is 8.18. The summed E-state index contributed by atoms with van der Waals surface area (Å²) in [4.78, 5) is 27.0. The molecule has 1 aromatic carbocycles. The topological polar surface area (TPSA) is 67.2 Å². The van der Waals surface area contributed by atoms with E-state index in [2.05, 4.69) is 10.4 Å². The second-order valence-electron chi connectivity index (χ2n) is 8.90. The van der Waals surface area contributed by atoms with Crippen LogP contribution in [0.25, 0.3) is 5.69 Å². The number of para-hydroxylation sites is 1. The van der Waals surface area contributed by atoms with E-state index in [1.54, 1.807) is 17.9 Å². The monoisotopic (exact) mass is 436 g/mol. The summed E-state index contributed by atoms with van der Waals surface area (Å²) in [6, 6.07) is 6.66. The molecule has 0 spiro atoms. The van der Waals surface area contributed by atoms with E-state index in [4.69, 9.17) is 0 Å². The third-order valence-corrected chi connectivity index (χ3v) is 5.31. The summed E-state index contributed by atoms with van der Waals surface area (Å²) in [5.41, 5.74) is -0.977. The van der Waals surface area contributed by atoms with Crippen LogP contribution < -0.4 is 5.32 Å². The standard InChI is InChI=1S/C22H27F3N4O2/c1-14-13-18(29(27-14)17-8-6-5-7-16(17)22(23,24)25)26-19(30)15-9-11-28(12-10-15)20(31)21(2,3)4/h5-8,13,15H,9-12H2,1-4H3,(H,26,30). The molecule has 168 valence electrons. The zero-order valence-corrected chi connectivity index (χ0v) is 18.1. The molecule has 0 atom stereocenters. The van der Waals surface area contributed by atoms with Crippen LogP contribution in [0, 0.1) is 18.3 Å². The Hall–Kier alpha value is -2.84. The maximum absolute atomic E-state index is 13.5. The van der Waals surface area contributed by atoms with E-state index in [0.717, 1.165) is 10.7 Å². The minimum atomic E-state index is -4.55. The Labute approximate surface area is 179 Å². The van der Waals surface area contributed by atoms with Crippen molar-refractivity contribution in [3.63, 3.8) is 0 Å². The van der Waals surface area contributed by atoms with Gasteiger partial charge in [-0.3, -0.25) is 9.59 Å². The fourth-order valence-corrected chi connectivity index (χ4v) is 3.72. The van der Waals surface area contributed by atoms with Gasteiger partial charge in [-0.1, -0.05) is 32.9 Å². The van der Waals surface area contributed by atoms with Gasteiger partial charge in [0.1, 0.15) is 5.82 Å². The molecule has 1 aromatic heterocycles. The number of aryl methyl sites for hydroxylation is 1. The molecule has 0 aliphatic carbocycles. The first-order chi connectivity index (χ1) is 14.4. The Kier molecular flexibility index (Phi) is 6.16. The number of halogens is 3. The number of anilines is 1. The van der Waals surface area contributed by atoms with E-state index in [1.165, 1.54) is 18.2 Å². The van der Waals surface area contributed by atoms with Crippen LogP contribution in [0.3, 0.4) is 0 Å². The number of aromatic nitrogens is 2. The zero-order chi connectivity index (χ0) is 23.0. The number of carbonyl (C=O) groups excluding carboxylic acids is 2. The minimum absolute atomic E-state index is 0.0452. The molecule has 3 rings (SSSR count). The lowest BCUT2D eigenvalue weighted by atomic mass is 9.90. The molecule has 2 aromatic rings. The molecule has 0 unspecified atom stereocenters. The van der Waals surface area contributed by atoms with Gasteiger partial charge in [-0.05, 0) is 31.9 Å². The van der Waals surface area contributed by atoms with Crippen molar-refractivity contribution in [3.05, 3.63) is 41.6 Å². The highest BCUT2D eigenvalue weighted by molar-refractivity contribution is 5.92. The van der Waals surface area contributed by atoms with Crippen molar-refractivity contribution in [1.29, 1.82) is 0 Å². The highest BCUT2D eigenvalue weighted by atomic mass is 19.4. The summed E-state index contributed by atoms with van der Waals surface area (Å²) in [5, 5.41) is 6.91. The summed E-state index contributed by atoms with van der Waals surface area (Å²) in [7, 11) is 0. The van der Waals surface area contributed by atoms with E-state index >= 15 is 0 Å². The van der Waals surface area contributed by atoms with E-state index in [0.29, 0.717) is 31.6 Å². The zero-order valence-electron chi connectivity index (χ0n) is 18.1. The lowest BCUT2D eigenvalue weighted by molar-refractivity contribution is -0.142. The van der Waals surface area contributed by atoms with Gasteiger partial charge in [-0.15, -0.1) is 0 Å². The highest BCUT2D eigenvalue weighted by Gasteiger charge is 2.35. The van der Waals surface area contributed by atoms with E-state index in [1.807, 2.05) is 20.8 Å². The van der Waals surface area contributed by atoms with Crippen molar-refractivity contribution in [1.82, 2.24) is 14.7 Å². The van der Waals surface area contributed by atoms with Crippen molar-refractivity contribution < 1.29 is 22.8 Å². The predicted octanol–water partition coefficient (Wildman–Crippen LogP) is 4.42. The van der Waals surface area contributed by atoms with Gasteiger partial charge in [-0.2, -0.15) is 18.3 Å². The summed E-state index contributed by atoms with van der Waals surface area (Å²) < 4.78 is 41.5. The van der Waals surface area contributed by atoms with Gasteiger partial charge in [0.05, 0.1) is 16.9 Å². The Morgan fingerprint density at radius 2 is 1.71 bits per heavy atom. The maximum atomic E-state index is 13.5. The molecule has 2 heterocycles. The third-order valence-electron chi connectivity index (χ3n) is 5.31. The summed E-state index contributed by atoms with van der Waals surface area (Å²) in [5.74, 6) is -0.379. The molecule has 1 aliphatic rings. The van der Waals surface area contributed by atoms with Crippen LogP contribution >= 0.6 is 0 Å². The third kappa shape index (κ3) is 5.08. The van der Waals surface area contributed by atoms with Gasteiger partial charge in [0.2, 0.25) is 11.8 Å². The van der Waals surface area contributed by atoms with Crippen LogP contribution in [0.4, 0.5) is 19.0 Å². The fourth-order valence-electron chi connectivity index (χ4n) is 3.72. The SMILES string of the molecule is Cc1cc(NC(=O)C2CCN(C(=O)C(C)(C)C)CC2)n(-c2ccccc2C(F)(F)F)n1. The minimum Gasteiger partial charge on any atom is -0.342 e. The molecule has 1 N–H and O–H groups in total. The number of benzene rings is 1. The largest absolute Gasteiger partial charge is 0.418 e. The first kappa shape index (κ1) is 22.8. The van der Waals surface area contributed by atoms with Crippen LogP contribution in [-0.4, -0.2) is 39.6 Å². The average Bonchev–Trinajstić information content (AvgIpc) is 3.06.